The standard InChI is InChI=1S/C12H13N3O4S2/c1-15(21(18,19)11-4-5-13-14-11)7-9-6-10(20-8-9)2-3-12(16)17/h2-6,8H,7H2,1H3,(H,13,14)(H,16,17)/b3-2+. The SMILES string of the molecule is CN(Cc1csc(/C=C/C(=O)O)c1)S(=O)(=O)c1ccn[nH]1. The van der Waals surface area contributed by atoms with Gasteiger partial charge in [-0.1, -0.05) is 0 Å². The van der Waals surface area contributed by atoms with Crippen LogP contribution in [0.1, 0.15) is 10.4 Å². The monoisotopic (exact) mass is 327 g/mol. The molecule has 2 aromatic rings. The number of carbonyl (C=O) groups is 1. The maximum Gasteiger partial charge on any atom is 0.328 e. The molecule has 2 aromatic heterocycles. The molecule has 0 aromatic carbocycles. The average molecular weight is 327 g/mol. The van der Waals surface area contributed by atoms with Crippen molar-refractivity contribution in [3.63, 3.8) is 0 Å². The summed E-state index contributed by atoms with van der Waals surface area (Å²) in [6.45, 7) is 0.193. The van der Waals surface area contributed by atoms with Crippen LogP contribution in [0.2, 0.25) is 0 Å². The van der Waals surface area contributed by atoms with E-state index in [1.54, 1.807) is 11.4 Å². The second kappa shape index (κ2) is 6.20. The molecule has 0 saturated heterocycles. The Kier molecular flexibility index (Phi) is 4.56. The summed E-state index contributed by atoms with van der Waals surface area (Å²) in [5, 5.41) is 16.4. The predicted octanol–water partition coefficient (Wildman–Crippen LogP) is 1.39. The summed E-state index contributed by atoms with van der Waals surface area (Å²) >= 11 is 1.35. The third-order valence-corrected chi connectivity index (χ3v) is 5.31. The lowest BCUT2D eigenvalue weighted by atomic mass is 10.3. The molecule has 0 spiro atoms. The number of H-pyrrole nitrogens is 1. The summed E-state index contributed by atoms with van der Waals surface area (Å²) in [6.07, 6.45) is 3.89. The molecule has 0 saturated carbocycles. The van der Waals surface area contributed by atoms with Crippen LogP contribution < -0.4 is 0 Å². The smallest absolute Gasteiger partial charge is 0.328 e. The zero-order valence-corrected chi connectivity index (χ0v) is 12.7. The van der Waals surface area contributed by atoms with Crippen molar-refractivity contribution in [3.8, 4) is 0 Å². The molecule has 7 nitrogen and oxygen atoms in total. The van der Waals surface area contributed by atoms with Gasteiger partial charge in [0.15, 0.2) is 5.03 Å². The lowest BCUT2D eigenvalue weighted by molar-refractivity contribution is -0.131. The highest BCUT2D eigenvalue weighted by atomic mass is 32.2. The molecule has 21 heavy (non-hydrogen) atoms. The van der Waals surface area contributed by atoms with Crippen molar-refractivity contribution in [2.75, 3.05) is 7.05 Å². The Morgan fingerprint density at radius 2 is 2.33 bits per heavy atom. The van der Waals surface area contributed by atoms with Crippen LogP contribution in [0.4, 0.5) is 0 Å². The van der Waals surface area contributed by atoms with Crippen molar-refractivity contribution >= 4 is 33.4 Å². The number of nitrogens with zero attached hydrogens (tertiary/aromatic N) is 2. The number of sulfonamides is 1. The molecule has 2 heterocycles. The fraction of sp³-hybridized carbons (Fsp3) is 0.167. The Morgan fingerprint density at radius 1 is 1.57 bits per heavy atom. The summed E-state index contributed by atoms with van der Waals surface area (Å²) in [4.78, 5) is 11.2. The number of rotatable bonds is 6. The highest BCUT2D eigenvalue weighted by molar-refractivity contribution is 7.89. The van der Waals surface area contributed by atoms with Crippen LogP contribution in [0.25, 0.3) is 6.08 Å². The van der Waals surface area contributed by atoms with Crippen molar-refractivity contribution in [2.45, 2.75) is 11.6 Å². The first kappa shape index (κ1) is 15.4. The van der Waals surface area contributed by atoms with Gasteiger partial charge in [0.05, 0.1) is 6.20 Å². The van der Waals surface area contributed by atoms with Gasteiger partial charge in [0, 0.05) is 24.5 Å². The van der Waals surface area contributed by atoms with E-state index in [4.69, 9.17) is 5.11 Å². The molecule has 0 bridgehead atoms. The Balaban J connectivity index is 2.10. The van der Waals surface area contributed by atoms with E-state index in [0.29, 0.717) is 0 Å². The Bertz CT molecular complexity index is 747. The van der Waals surface area contributed by atoms with E-state index in [1.807, 2.05) is 0 Å². The van der Waals surface area contributed by atoms with E-state index in [2.05, 4.69) is 10.2 Å². The molecule has 0 aliphatic rings. The molecule has 0 atom stereocenters. The first-order valence-corrected chi connectivity index (χ1v) is 8.15. The van der Waals surface area contributed by atoms with Crippen LogP contribution in [0.15, 0.2) is 34.8 Å². The van der Waals surface area contributed by atoms with Crippen LogP contribution in [-0.4, -0.2) is 41.0 Å². The normalized spacial score (nSPS) is 12.3. The van der Waals surface area contributed by atoms with Gasteiger partial charge < -0.3 is 5.11 Å². The van der Waals surface area contributed by atoms with Crippen molar-refractivity contribution in [2.24, 2.45) is 0 Å². The van der Waals surface area contributed by atoms with Crippen LogP contribution >= 0.6 is 11.3 Å². The topological polar surface area (TPSA) is 103 Å². The van der Waals surface area contributed by atoms with Gasteiger partial charge in [-0.05, 0) is 29.2 Å². The van der Waals surface area contributed by atoms with E-state index >= 15 is 0 Å². The van der Waals surface area contributed by atoms with Gasteiger partial charge in [-0.15, -0.1) is 11.3 Å². The molecule has 2 rings (SSSR count). The number of aromatic amines is 1. The minimum atomic E-state index is -3.60. The third-order valence-electron chi connectivity index (χ3n) is 2.63. The zero-order valence-electron chi connectivity index (χ0n) is 11.1. The van der Waals surface area contributed by atoms with Gasteiger partial charge in [0.25, 0.3) is 10.0 Å². The number of thiophene rings is 1. The molecular formula is C12H13N3O4S2. The van der Waals surface area contributed by atoms with Crippen molar-refractivity contribution in [3.05, 3.63) is 40.2 Å². The molecular weight excluding hydrogens is 314 g/mol. The van der Waals surface area contributed by atoms with E-state index < -0.39 is 16.0 Å². The molecule has 0 aliphatic carbocycles. The van der Waals surface area contributed by atoms with Gasteiger partial charge in [0.2, 0.25) is 0 Å². The van der Waals surface area contributed by atoms with Crippen molar-refractivity contribution in [1.29, 1.82) is 0 Å². The fourth-order valence-electron chi connectivity index (χ4n) is 1.61. The first-order chi connectivity index (χ1) is 9.89. The van der Waals surface area contributed by atoms with Crippen molar-refractivity contribution in [1.82, 2.24) is 14.5 Å². The van der Waals surface area contributed by atoms with Crippen LogP contribution in [-0.2, 0) is 21.4 Å². The number of nitrogens with one attached hydrogen (secondary N) is 1. The van der Waals surface area contributed by atoms with Gasteiger partial charge in [0.1, 0.15) is 0 Å². The summed E-state index contributed by atoms with van der Waals surface area (Å²) in [6, 6.07) is 3.14. The zero-order chi connectivity index (χ0) is 15.5. The molecule has 2 N–H and O–H groups in total. The fourth-order valence-corrected chi connectivity index (χ4v) is 3.47. The summed E-state index contributed by atoms with van der Waals surface area (Å²) in [7, 11) is -2.13. The van der Waals surface area contributed by atoms with E-state index in [-0.39, 0.29) is 11.6 Å². The van der Waals surface area contributed by atoms with Crippen molar-refractivity contribution < 1.29 is 18.3 Å². The molecule has 0 radical (unpaired) electrons. The summed E-state index contributed by atoms with van der Waals surface area (Å²) < 4.78 is 25.6. The Morgan fingerprint density at radius 3 is 2.95 bits per heavy atom. The quantitative estimate of drug-likeness (QED) is 0.780. The highest BCUT2D eigenvalue weighted by Gasteiger charge is 2.22. The number of aliphatic carboxylic acids is 1. The summed E-state index contributed by atoms with van der Waals surface area (Å²) in [5.74, 6) is -1.02. The molecule has 0 amide bonds. The van der Waals surface area contributed by atoms with Gasteiger partial charge in [-0.3, -0.25) is 5.10 Å². The molecule has 112 valence electrons. The van der Waals surface area contributed by atoms with E-state index in [0.717, 1.165) is 16.5 Å². The minimum Gasteiger partial charge on any atom is -0.478 e. The lowest BCUT2D eigenvalue weighted by Crippen LogP contribution is -2.26. The predicted molar refractivity (Wildman–Crippen MR) is 78.2 cm³/mol. The second-order valence-corrected chi connectivity index (χ2v) is 7.17. The maximum absolute atomic E-state index is 12.2. The lowest BCUT2D eigenvalue weighted by Gasteiger charge is -2.14. The maximum atomic E-state index is 12.2. The molecule has 9 heteroatoms. The largest absolute Gasteiger partial charge is 0.478 e. The Labute approximate surface area is 125 Å². The highest BCUT2D eigenvalue weighted by Crippen LogP contribution is 2.20. The number of aromatic nitrogens is 2. The van der Waals surface area contributed by atoms with Gasteiger partial charge in [-0.2, -0.15) is 9.40 Å². The van der Waals surface area contributed by atoms with Gasteiger partial charge in [-0.25, -0.2) is 13.2 Å². The third kappa shape index (κ3) is 3.78. The van der Waals surface area contributed by atoms with Crippen LogP contribution in [0.5, 0.6) is 0 Å². The first-order valence-electron chi connectivity index (χ1n) is 5.84. The van der Waals surface area contributed by atoms with Gasteiger partial charge >= 0.3 is 5.97 Å². The van der Waals surface area contributed by atoms with E-state index in [1.165, 1.54) is 41.0 Å². The minimum absolute atomic E-state index is 0.0335. The number of hydrogen-bond donors (Lipinski definition) is 2. The molecule has 0 fully saturated rings. The second-order valence-electron chi connectivity index (χ2n) is 4.21. The van der Waals surface area contributed by atoms with Crippen LogP contribution in [0.3, 0.4) is 0 Å². The molecule has 0 aliphatic heterocycles. The average Bonchev–Trinajstić information content (AvgIpc) is 3.07. The Hall–Kier alpha value is -1.97. The number of carboxylic acid groups (broad SMARTS) is 1. The molecule has 0 unspecified atom stereocenters. The van der Waals surface area contributed by atoms with E-state index in [9.17, 15) is 13.2 Å². The summed E-state index contributed by atoms with van der Waals surface area (Å²) in [5.41, 5.74) is 0.788. The van der Waals surface area contributed by atoms with Crippen LogP contribution in [0, 0.1) is 0 Å². The number of hydrogen-bond acceptors (Lipinski definition) is 5. The number of carboxylic acids is 1.